The topological polar surface area (TPSA) is 52.0 Å². The first-order valence-electron chi connectivity index (χ1n) is 4.63. The molecule has 0 bridgehead atoms. The Morgan fingerprint density at radius 1 is 1.38 bits per heavy atom. The number of benzene rings is 1. The molecule has 0 unspecified atom stereocenters. The highest BCUT2D eigenvalue weighted by Gasteiger charge is 2.12. The van der Waals surface area contributed by atoms with Crippen LogP contribution in [0.4, 0.5) is 0 Å². The van der Waals surface area contributed by atoms with E-state index in [1.54, 1.807) is 6.07 Å². The van der Waals surface area contributed by atoms with Gasteiger partial charge in [0.25, 0.3) is 0 Å². The van der Waals surface area contributed by atoms with Crippen molar-refractivity contribution in [2.24, 2.45) is 5.73 Å². The number of oxazole rings is 1. The van der Waals surface area contributed by atoms with Gasteiger partial charge in [-0.15, -0.1) is 12.4 Å². The lowest BCUT2D eigenvalue weighted by Gasteiger charge is -1.97. The Morgan fingerprint density at radius 2 is 2.06 bits per heavy atom. The van der Waals surface area contributed by atoms with Gasteiger partial charge in [0.1, 0.15) is 5.76 Å². The fourth-order valence-electron chi connectivity index (χ4n) is 1.37. The molecule has 16 heavy (non-hydrogen) atoms. The van der Waals surface area contributed by atoms with Crippen molar-refractivity contribution in [3.63, 3.8) is 0 Å². The number of rotatable bonds is 2. The van der Waals surface area contributed by atoms with E-state index in [2.05, 4.69) is 4.98 Å². The summed E-state index contributed by atoms with van der Waals surface area (Å²) >= 11 is 6.03. The number of hydrogen-bond donors (Lipinski definition) is 1. The Balaban J connectivity index is 0.00000128. The van der Waals surface area contributed by atoms with Crippen molar-refractivity contribution in [1.29, 1.82) is 0 Å². The van der Waals surface area contributed by atoms with Crippen LogP contribution in [-0.2, 0) is 6.54 Å². The maximum absolute atomic E-state index is 6.03. The first kappa shape index (κ1) is 13.0. The minimum atomic E-state index is 0. The molecule has 0 amide bonds. The van der Waals surface area contributed by atoms with Crippen molar-refractivity contribution >= 4 is 24.0 Å². The fraction of sp³-hybridized carbons (Fsp3) is 0.182. The van der Waals surface area contributed by atoms with E-state index in [0.29, 0.717) is 17.5 Å². The predicted octanol–water partition coefficient (Wildman–Crippen LogP) is 3.18. The smallest absolute Gasteiger partial charge is 0.228 e. The lowest BCUT2D eigenvalue weighted by Crippen LogP contribution is -1.97. The molecule has 0 radical (unpaired) electrons. The van der Waals surface area contributed by atoms with Gasteiger partial charge in [0, 0.05) is 6.54 Å². The average molecular weight is 259 g/mol. The van der Waals surface area contributed by atoms with Crippen LogP contribution in [-0.4, -0.2) is 4.98 Å². The van der Waals surface area contributed by atoms with Gasteiger partial charge in [0.2, 0.25) is 5.89 Å². The Labute approximate surface area is 105 Å². The molecule has 3 nitrogen and oxygen atoms in total. The second-order valence-corrected chi connectivity index (χ2v) is 3.61. The summed E-state index contributed by atoms with van der Waals surface area (Å²) < 4.78 is 5.50. The van der Waals surface area contributed by atoms with Crippen LogP contribution in [0, 0.1) is 6.92 Å². The Kier molecular flexibility index (Phi) is 4.35. The number of aryl methyl sites for hydroxylation is 1. The molecule has 0 saturated heterocycles. The first-order chi connectivity index (χ1) is 7.22. The molecule has 1 aromatic carbocycles. The van der Waals surface area contributed by atoms with Crippen LogP contribution >= 0.6 is 24.0 Å². The van der Waals surface area contributed by atoms with Crippen LogP contribution in [0.2, 0.25) is 5.02 Å². The van der Waals surface area contributed by atoms with E-state index >= 15 is 0 Å². The van der Waals surface area contributed by atoms with Gasteiger partial charge in [0.05, 0.1) is 16.3 Å². The fourth-order valence-corrected chi connectivity index (χ4v) is 1.58. The van der Waals surface area contributed by atoms with E-state index in [1.807, 2.05) is 25.1 Å². The second kappa shape index (κ2) is 5.34. The molecule has 0 fully saturated rings. The van der Waals surface area contributed by atoms with Crippen molar-refractivity contribution in [1.82, 2.24) is 4.98 Å². The SMILES string of the molecule is Cc1oc(-c2ccccc2Cl)nc1CN.Cl. The molecule has 0 aliphatic heterocycles. The largest absolute Gasteiger partial charge is 0.441 e. The number of halogens is 2. The van der Waals surface area contributed by atoms with Crippen LogP contribution in [0.15, 0.2) is 28.7 Å². The third-order valence-electron chi connectivity index (χ3n) is 2.19. The molecular weight excluding hydrogens is 247 g/mol. The van der Waals surface area contributed by atoms with Crippen LogP contribution in [0.1, 0.15) is 11.5 Å². The van der Waals surface area contributed by atoms with E-state index in [4.69, 9.17) is 21.8 Å². The zero-order valence-electron chi connectivity index (χ0n) is 8.74. The van der Waals surface area contributed by atoms with E-state index in [1.165, 1.54) is 0 Å². The zero-order valence-corrected chi connectivity index (χ0v) is 10.3. The van der Waals surface area contributed by atoms with Crippen LogP contribution < -0.4 is 5.73 Å². The molecule has 0 atom stereocenters. The standard InChI is InChI=1S/C11H11ClN2O.ClH/c1-7-10(6-13)14-11(15-7)8-4-2-3-5-9(8)12;/h2-5H,6,13H2,1H3;1H. The summed E-state index contributed by atoms with van der Waals surface area (Å²) in [6.45, 7) is 2.22. The molecule has 86 valence electrons. The summed E-state index contributed by atoms with van der Waals surface area (Å²) in [5.74, 6) is 1.27. The summed E-state index contributed by atoms with van der Waals surface area (Å²) in [5, 5.41) is 0.627. The molecular formula is C11H12Cl2N2O. The molecule has 0 saturated carbocycles. The van der Waals surface area contributed by atoms with E-state index < -0.39 is 0 Å². The molecule has 2 aromatic rings. The van der Waals surface area contributed by atoms with Gasteiger partial charge in [-0.25, -0.2) is 4.98 Å². The summed E-state index contributed by atoms with van der Waals surface area (Å²) in [4.78, 5) is 4.28. The number of hydrogen-bond acceptors (Lipinski definition) is 3. The van der Waals surface area contributed by atoms with Gasteiger partial charge in [-0.1, -0.05) is 23.7 Å². The quantitative estimate of drug-likeness (QED) is 0.901. The normalized spacial score (nSPS) is 9.94. The van der Waals surface area contributed by atoms with Gasteiger partial charge < -0.3 is 10.2 Å². The lowest BCUT2D eigenvalue weighted by atomic mass is 10.2. The van der Waals surface area contributed by atoms with Crippen LogP contribution in [0.25, 0.3) is 11.5 Å². The maximum atomic E-state index is 6.03. The molecule has 5 heteroatoms. The zero-order chi connectivity index (χ0) is 10.8. The van der Waals surface area contributed by atoms with Gasteiger partial charge in [0.15, 0.2) is 0 Å². The van der Waals surface area contributed by atoms with E-state index in [0.717, 1.165) is 17.0 Å². The Bertz CT molecular complexity index is 483. The maximum Gasteiger partial charge on any atom is 0.228 e. The number of aromatic nitrogens is 1. The molecule has 0 aliphatic rings. The molecule has 0 aliphatic carbocycles. The van der Waals surface area contributed by atoms with Crippen molar-refractivity contribution in [2.75, 3.05) is 0 Å². The Hall–Kier alpha value is -1.03. The Morgan fingerprint density at radius 3 is 2.62 bits per heavy atom. The van der Waals surface area contributed by atoms with Crippen molar-refractivity contribution < 1.29 is 4.42 Å². The third-order valence-corrected chi connectivity index (χ3v) is 2.52. The first-order valence-corrected chi connectivity index (χ1v) is 5.01. The summed E-state index contributed by atoms with van der Waals surface area (Å²) in [5.41, 5.74) is 7.09. The second-order valence-electron chi connectivity index (χ2n) is 3.21. The minimum Gasteiger partial charge on any atom is -0.441 e. The average Bonchev–Trinajstić information content (AvgIpc) is 2.60. The van der Waals surface area contributed by atoms with Crippen molar-refractivity contribution in [2.45, 2.75) is 13.5 Å². The molecule has 1 heterocycles. The van der Waals surface area contributed by atoms with Crippen molar-refractivity contribution in [3.05, 3.63) is 40.7 Å². The van der Waals surface area contributed by atoms with Gasteiger partial charge >= 0.3 is 0 Å². The number of nitrogens with zero attached hydrogens (tertiary/aromatic N) is 1. The highest BCUT2D eigenvalue weighted by molar-refractivity contribution is 6.33. The molecule has 2 rings (SSSR count). The van der Waals surface area contributed by atoms with Crippen LogP contribution in [0.3, 0.4) is 0 Å². The monoisotopic (exact) mass is 258 g/mol. The number of nitrogens with two attached hydrogens (primary N) is 1. The van der Waals surface area contributed by atoms with Gasteiger partial charge in [-0.05, 0) is 19.1 Å². The molecule has 2 N–H and O–H groups in total. The minimum absolute atomic E-state index is 0. The summed E-state index contributed by atoms with van der Waals surface area (Å²) in [6, 6.07) is 7.43. The van der Waals surface area contributed by atoms with Crippen LogP contribution in [0.5, 0.6) is 0 Å². The van der Waals surface area contributed by atoms with Gasteiger partial charge in [-0.3, -0.25) is 0 Å². The van der Waals surface area contributed by atoms with Gasteiger partial charge in [-0.2, -0.15) is 0 Å². The van der Waals surface area contributed by atoms with E-state index in [9.17, 15) is 0 Å². The van der Waals surface area contributed by atoms with Crippen molar-refractivity contribution in [3.8, 4) is 11.5 Å². The highest BCUT2D eigenvalue weighted by Crippen LogP contribution is 2.28. The predicted molar refractivity (Wildman–Crippen MR) is 66.8 cm³/mol. The molecule has 0 spiro atoms. The summed E-state index contributed by atoms with van der Waals surface area (Å²) in [6.07, 6.45) is 0. The summed E-state index contributed by atoms with van der Waals surface area (Å²) in [7, 11) is 0. The third kappa shape index (κ3) is 2.38. The lowest BCUT2D eigenvalue weighted by molar-refractivity contribution is 0.539. The van der Waals surface area contributed by atoms with E-state index in [-0.39, 0.29) is 12.4 Å². The molecule has 1 aromatic heterocycles. The highest BCUT2D eigenvalue weighted by atomic mass is 35.5.